The molecule has 0 saturated carbocycles. The first-order valence-corrected chi connectivity index (χ1v) is 7.69. The van der Waals surface area contributed by atoms with Crippen LogP contribution in [0.15, 0.2) is 38.4 Å². The van der Waals surface area contributed by atoms with E-state index in [9.17, 15) is 9.00 Å². The quantitative estimate of drug-likeness (QED) is 0.651. The molecule has 0 fully saturated rings. The molecule has 92 valence electrons. The van der Waals surface area contributed by atoms with Gasteiger partial charge < -0.3 is 9.15 Å². The number of methoxy groups -OCH3 is 1. The van der Waals surface area contributed by atoms with E-state index in [1.807, 2.05) is 0 Å². The van der Waals surface area contributed by atoms with Crippen molar-refractivity contribution in [1.29, 1.82) is 0 Å². The van der Waals surface area contributed by atoms with Crippen molar-refractivity contribution >= 4 is 20.9 Å². The summed E-state index contributed by atoms with van der Waals surface area (Å²) in [4.78, 5) is 12.0. The predicted molar refractivity (Wildman–Crippen MR) is 68.7 cm³/mol. The molecule has 0 spiro atoms. The van der Waals surface area contributed by atoms with Crippen LogP contribution in [-0.2, 0) is 9.93 Å². The van der Waals surface area contributed by atoms with Gasteiger partial charge in [0.15, 0.2) is 0 Å². The summed E-state index contributed by atoms with van der Waals surface area (Å²) in [7, 11) is -0.980. The Morgan fingerprint density at radius 2 is 1.94 bits per heavy atom. The molecule has 1 heterocycles. The van der Waals surface area contributed by atoms with E-state index in [1.165, 1.54) is 13.2 Å². The van der Waals surface area contributed by atoms with Crippen LogP contribution < -0.4 is 10.4 Å². The van der Waals surface area contributed by atoms with Crippen molar-refractivity contribution in [1.82, 2.24) is 0 Å². The van der Waals surface area contributed by atoms with Gasteiger partial charge in [0.05, 0.1) is 7.11 Å². The van der Waals surface area contributed by atoms with Crippen molar-refractivity contribution in [2.45, 2.75) is 4.90 Å². The lowest BCUT2D eigenvalue weighted by Gasteiger charge is -2.14. The van der Waals surface area contributed by atoms with Gasteiger partial charge in [-0.3, -0.25) is 4.21 Å². The average Bonchev–Trinajstić information content (AvgIpc) is 2.25. The molecule has 0 radical (unpaired) electrons. The van der Waals surface area contributed by atoms with Gasteiger partial charge in [0.25, 0.3) is 0 Å². The van der Waals surface area contributed by atoms with Gasteiger partial charge in [-0.2, -0.15) is 0 Å². The molecule has 2 aromatic rings. The predicted octanol–water partition coefficient (Wildman–Crippen LogP) is 1.44. The maximum absolute atomic E-state index is 12.1. The lowest BCUT2D eigenvalue weighted by atomic mass is 10.2. The second-order valence-corrected chi connectivity index (χ2v) is 7.35. The minimum Gasteiger partial charge on any atom is -0.497 e. The summed E-state index contributed by atoms with van der Waals surface area (Å²) >= 11 is 0. The Hall–Kier alpha value is -1.62. The normalized spacial score (nSPS) is 12.6. The van der Waals surface area contributed by atoms with Crippen LogP contribution in [0.2, 0.25) is 0 Å². The lowest BCUT2D eigenvalue weighted by molar-refractivity contribution is 0.414. The number of thiol groups is 1. The molecule has 0 aliphatic rings. The van der Waals surface area contributed by atoms with Gasteiger partial charge in [-0.25, -0.2) is 4.79 Å². The molecule has 17 heavy (non-hydrogen) atoms. The van der Waals surface area contributed by atoms with Crippen LogP contribution in [0, 0.1) is 0 Å². The summed E-state index contributed by atoms with van der Waals surface area (Å²) in [5, 5.41) is 0.693. The van der Waals surface area contributed by atoms with E-state index in [2.05, 4.69) is 0 Å². The number of benzene rings is 1. The Morgan fingerprint density at radius 1 is 1.24 bits per heavy atom. The molecule has 0 atom stereocenters. The first kappa shape index (κ1) is 11.9. The highest BCUT2D eigenvalue weighted by Gasteiger charge is 2.13. The van der Waals surface area contributed by atoms with E-state index in [0.29, 0.717) is 21.6 Å². The molecular weight excluding hydrogens is 240 g/mol. The first-order chi connectivity index (χ1) is 7.91. The largest absolute Gasteiger partial charge is 0.497 e. The fourth-order valence-electron chi connectivity index (χ4n) is 1.70. The fraction of sp³-hybridized carbons (Fsp3) is 0.250. The summed E-state index contributed by atoms with van der Waals surface area (Å²) < 4.78 is 22.3. The molecule has 0 N–H and O–H groups in total. The van der Waals surface area contributed by atoms with Crippen LogP contribution in [0.1, 0.15) is 0 Å². The number of hydrogen-bond donors (Lipinski definition) is 1. The zero-order valence-corrected chi connectivity index (χ0v) is 10.8. The van der Waals surface area contributed by atoms with Gasteiger partial charge in [-0.1, -0.05) is 9.93 Å². The van der Waals surface area contributed by atoms with Crippen molar-refractivity contribution in [3.63, 3.8) is 0 Å². The molecule has 0 saturated heterocycles. The van der Waals surface area contributed by atoms with Gasteiger partial charge >= 0.3 is 5.63 Å². The average molecular weight is 254 g/mol. The SMILES string of the molecule is COc1ccc2c([SH](C)(C)=O)cc(=O)oc2c1. The Bertz CT molecular complexity index is 666. The zero-order valence-electron chi connectivity index (χ0n) is 9.89. The van der Waals surface area contributed by atoms with Gasteiger partial charge in [-0.05, 0) is 24.6 Å². The minimum absolute atomic E-state index is 0.399. The summed E-state index contributed by atoms with van der Waals surface area (Å²) in [6, 6.07) is 6.43. The molecule has 0 aliphatic carbocycles. The Morgan fingerprint density at radius 3 is 2.53 bits per heavy atom. The molecule has 0 unspecified atom stereocenters. The maximum Gasteiger partial charge on any atom is 0.337 e. The molecule has 0 aliphatic heterocycles. The van der Waals surface area contributed by atoms with Crippen molar-refractivity contribution in [3.8, 4) is 5.75 Å². The van der Waals surface area contributed by atoms with E-state index in [1.54, 1.807) is 30.7 Å². The van der Waals surface area contributed by atoms with Crippen molar-refractivity contribution in [3.05, 3.63) is 34.7 Å². The number of rotatable bonds is 2. The molecule has 0 amide bonds. The van der Waals surface area contributed by atoms with E-state index < -0.39 is 15.6 Å². The third-order valence-corrected chi connectivity index (χ3v) is 4.04. The van der Waals surface area contributed by atoms with Crippen LogP contribution in [0.25, 0.3) is 11.0 Å². The van der Waals surface area contributed by atoms with Crippen LogP contribution in [0.3, 0.4) is 0 Å². The Balaban J connectivity index is 2.86. The minimum atomic E-state index is -2.51. The molecule has 4 nitrogen and oxygen atoms in total. The second-order valence-electron chi connectivity index (χ2n) is 4.16. The Labute approximate surface area is 99.6 Å². The highest BCUT2D eigenvalue weighted by atomic mass is 32.2. The van der Waals surface area contributed by atoms with Gasteiger partial charge in [-0.15, -0.1) is 0 Å². The molecule has 0 bridgehead atoms. The van der Waals surface area contributed by atoms with Gasteiger partial charge in [0.1, 0.15) is 11.3 Å². The lowest BCUT2D eigenvalue weighted by Crippen LogP contribution is -2.11. The highest BCUT2D eigenvalue weighted by Crippen LogP contribution is 2.26. The molecular formula is C12H14O4S. The second kappa shape index (κ2) is 4.00. The van der Waals surface area contributed by atoms with E-state index in [4.69, 9.17) is 9.15 Å². The third-order valence-electron chi connectivity index (χ3n) is 2.51. The topological polar surface area (TPSA) is 56.5 Å². The highest BCUT2D eigenvalue weighted by molar-refractivity contribution is 8.02. The van der Waals surface area contributed by atoms with Crippen LogP contribution in [0.5, 0.6) is 5.75 Å². The van der Waals surface area contributed by atoms with Gasteiger partial charge in [0, 0.05) is 22.4 Å². The zero-order chi connectivity index (χ0) is 12.6. The first-order valence-electron chi connectivity index (χ1n) is 5.09. The summed E-state index contributed by atoms with van der Waals surface area (Å²) in [5.41, 5.74) is -0.0968. The van der Waals surface area contributed by atoms with Crippen LogP contribution >= 0.6 is 0 Å². The van der Waals surface area contributed by atoms with E-state index in [0.717, 1.165) is 0 Å². The maximum atomic E-state index is 12.1. The van der Waals surface area contributed by atoms with Crippen molar-refractivity contribution in [2.75, 3.05) is 19.6 Å². The monoisotopic (exact) mass is 254 g/mol. The van der Waals surface area contributed by atoms with Gasteiger partial charge in [0.2, 0.25) is 0 Å². The van der Waals surface area contributed by atoms with E-state index >= 15 is 0 Å². The smallest absolute Gasteiger partial charge is 0.337 e. The summed E-state index contributed by atoms with van der Waals surface area (Å²) in [6.45, 7) is 0. The molecule has 5 heteroatoms. The Kier molecular flexibility index (Phi) is 2.79. The summed E-state index contributed by atoms with van der Waals surface area (Å²) in [5.74, 6) is 0.597. The van der Waals surface area contributed by atoms with Crippen molar-refractivity contribution in [2.24, 2.45) is 0 Å². The number of fused-ring (bicyclic) bond motifs is 1. The standard InChI is InChI=1S/C12H14O4S/c1-15-8-4-5-9-10(6-8)16-12(13)7-11(9)17(2,3)14/h4-7,17H,1-3H3. The van der Waals surface area contributed by atoms with E-state index in [-0.39, 0.29) is 0 Å². The third kappa shape index (κ3) is 2.24. The number of ether oxygens (including phenoxy) is 1. The fourth-order valence-corrected chi connectivity index (χ4v) is 2.88. The number of hydrogen-bond acceptors (Lipinski definition) is 4. The molecule has 1 aromatic heterocycles. The molecule has 2 rings (SSSR count). The van der Waals surface area contributed by atoms with Crippen LogP contribution in [-0.4, -0.2) is 23.8 Å². The summed E-state index contributed by atoms with van der Waals surface area (Å²) in [6.07, 6.45) is 3.26. The van der Waals surface area contributed by atoms with Crippen LogP contribution in [0.4, 0.5) is 0 Å². The van der Waals surface area contributed by atoms with Crippen molar-refractivity contribution < 1.29 is 13.4 Å². The molecule has 1 aromatic carbocycles.